The monoisotopic (exact) mass is 192 g/mol. The summed E-state index contributed by atoms with van der Waals surface area (Å²) in [5.74, 6) is -0.112. The fourth-order valence-electron chi connectivity index (χ4n) is 1.18. The molecule has 0 bridgehead atoms. The third-order valence-electron chi connectivity index (χ3n) is 1.85. The Morgan fingerprint density at radius 2 is 2.36 bits per heavy atom. The molecule has 6 heteroatoms. The molecule has 0 unspecified atom stereocenters. The molecule has 14 heavy (non-hydrogen) atoms. The third-order valence-corrected chi connectivity index (χ3v) is 1.85. The summed E-state index contributed by atoms with van der Waals surface area (Å²) in [5, 5.41) is 6.95. The Bertz CT molecular complexity index is 491. The third kappa shape index (κ3) is 1.17. The predicted molar refractivity (Wildman–Crippen MR) is 49.0 cm³/mol. The van der Waals surface area contributed by atoms with Gasteiger partial charge in [0.25, 0.3) is 5.91 Å². The van der Waals surface area contributed by atoms with E-state index in [0.717, 1.165) is 0 Å². The zero-order chi connectivity index (χ0) is 10.1. The topological polar surface area (TPSA) is 93.9 Å². The number of nitrogens with zero attached hydrogens (tertiary/aromatic N) is 2. The van der Waals surface area contributed by atoms with Crippen molar-refractivity contribution in [3.05, 3.63) is 17.8 Å². The predicted octanol–water partition coefficient (Wildman–Crippen LogP) is 0.0654. The number of aromatic nitrogens is 3. The van der Waals surface area contributed by atoms with E-state index in [1.54, 1.807) is 12.1 Å². The van der Waals surface area contributed by atoms with Gasteiger partial charge < -0.3 is 10.5 Å². The van der Waals surface area contributed by atoms with Gasteiger partial charge in [0, 0.05) is 6.07 Å². The van der Waals surface area contributed by atoms with Gasteiger partial charge in [0.05, 0.1) is 12.5 Å². The van der Waals surface area contributed by atoms with E-state index in [0.29, 0.717) is 16.9 Å². The van der Waals surface area contributed by atoms with Crippen LogP contribution in [0, 0.1) is 0 Å². The van der Waals surface area contributed by atoms with Gasteiger partial charge in [-0.3, -0.25) is 9.89 Å². The molecule has 0 spiro atoms. The highest BCUT2D eigenvalue weighted by atomic mass is 16.5. The minimum atomic E-state index is -0.556. The number of hydrogen-bond donors (Lipinski definition) is 2. The number of carbonyl (C=O) groups excluding carboxylic acids is 1. The number of fused-ring (bicyclic) bond motifs is 1. The molecule has 0 saturated carbocycles. The maximum absolute atomic E-state index is 10.9. The molecule has 2 aromatic rings. The summed E-state index contributed by atoms with van der Waals surface area (Å²) in [6.07, 6.45) is 0. The van der Waals surface area contributed by atoms with Gasteiger partial charge in [-0.25, -0.2) is 0 Å². The number of methoxy groups -OCH3 is 1. The maximum atomic E-state index is 10.9. The summed E-state index contributed by atoms with van der Waals surface area (Å²) in [5.41, 5.74) is 5.80. The Kier molecular flexibility index (Phi) is 1.81. The maximum Gasteiger partial charge on any atom is 0.267 e. The van der Waals surface area contributed by atoms with Gasteiger partial charge >= 0.3 is 0 Å². The lowest BCUT2D eigenvalue weighted by atomic mass is 10.2. The largest absolute Gasteiger partial charge is 0.481 e. The first-order valence-corrected chi connectivity index (χ1v) is 3.91. The van der Waals surface area contributed by atoms with E-state index in [2.05, 4.69) is 15.2 Å². The van der Waals surface area contributed by atoms with Gasteiger partial charge in [-0.15, -0.1) is 0 Å². The van der Waals surface area contributed by atoms with Gasteiger partial charge in [-0.1, -0.05) is 0 Å². The molecule has 0 aliphatic heterocycles. The number of amides is 1. The fraction of sp³-hybridized carbons (Fsp3) is 0.125. The van der Waals surface area contributed by atoms with Crippen molar-refractivity contribution in [2.75, 3.05) is 7.11 Å². The van der Waals surface area contributed by atoms with E-state index >= 15 is 0 Å². The second kappa shape index (κ2) is 2.99. The molecule has 2 rings (SSSR count). The Labute approximate surface area is 79.1 Å². The number of ether oxygens (including phenoxy) is 1. The molecule has 0 aliphatic rings. The van der Waals surface area contributed by atoms with Crippen LogP contribution in [0.3, 0.4) is 0 Å². The van der Waals surface area contributed by atoms with E-state index in [1.807, 2.05) is 0 Å². The normalized spacial score (nSPS) is 10.4. The zero-order valence-corrected chi connectivity index (χ0v) is 7.44. The van der Waals surface area contributed by atoms with Crippen molar-refractivity contribution >= 4 is 16.9 Å². The number of rotatable bonds is 2. The number of H-pyrrole nitrogens is 1. The zero-order valence-electron chi connectivity index (χ0n) is 7.44. The number of aromatic amines is 1. The van der Waals surface area contributed by atoms with Crippen LogP contribution in [-0.2, 0) is 0 Å². The van der Waals surface area contributed by atoms with Crippen LogP contribution in [0.25, 0.3) is 11.0 Å². The molecule has 2 aromatic heterocycles. The highest BCUT2D eigenvalue weighted by Gasteiger charge is 2.11. The molecule has 2 heterocycles. The quantitative estimate of drug-likeness (QED) is 0.703. The lowest BCUT2D eigenvalue weighted by Crippen LogP contribution is -2.11. The Balaban J connectivity index is 2.65. The first-order chi connectivity index (χ1) is 6.72. The lowest BCUT2D eigenvalue weighted by molar-refractivity contribution is 0.0997. The molecule has 0 fully saturated rings. The highest BCUT2D eigenvalue weighted by Crippen LogP contribution is 2.16. The number of hydrogen-bond acceptors (Lipinski definition) is 4. The van der Waals surface area contributed by atoms with Crippen molar-refractivity contribution in [2.24, 2.45) is 5.73 Å². The van der Waals surface area contributed by atoms with E-state index in [-0.39, 0.29) is 5.69 Å². The van der Waals surface area contributed by atoms with Gasteiger partial charge in [-0.2, -0.15) is 10.1 Å². The van der Waals surface area contributed by atoms with Gasteiger partial charge in [0.2, 0.25) is 5.88 Å². The molecular formula is C8H8N4O2. The average molecular weight is 192 g/mol. The molecule has 72 valence electrons. The minimum absolute atomic E-state index is 0.259. The van der Waals surface area contributed by atoms with Crippen molar-refractivity contribution in [1.82, 2.24) is 15.2 Å². The van der Waals surface area contributed by atoms with Crippen LogP contribution in [-0.4, -0.2) is 28.2 Å². The molecule has 0 saturated heterocycles. The van der Waals surface area contributed by atoms with Crippen molar-refractivity contribution in [1.29, 1.82) is 0 Å². The standard InChI is InChI=1S/C8H8N4O2/c1-14-5-3-2-4-6(7(9)13)11-12-8(4)10-5/h2-3H,1H3,(H2,9,13)(H,10,11,12). The van der Waals surface area contributed by atoms with Crippen LogP contribution in [0.2, 0.25) is 0 Å². The number of primary amides is 1. The van der Waals surface area contributed by atoms with Crippen LogP contribution in [0.1, 0.15) is 10.5 Å². The van der Waals surface area contributed by atoms with E-state index in [4.69, 9.17) is 10.5 Å². The van der Waals surface area contributed by atoms with E-state index in [9.17, 15) is 4.79 Å². The molecule has 0 aliphatic carbocycles. The van der Waals surface area contributed by atoms with Crippen molar-refractivity contribution in [2.45, 2.75) is 0 Å². The summed E-state index contributed by atoms with van der Waals surface area (Å²) in [7, 11) is 1.51. The smallest absolute Gasteiger partial charge is 0.267 e. The summed E-state index contributed by atoms with van der Waals surface area (Å²) < 4.78 is 4.91. The number of nitrogens with one attached hydrogen (secondary N) is 1. The average Bonchev–Trinajstić information content (AvgIpc) is 2.59. The number of carbonyl (C=O) groups is 1. The first kappa shape index (κ1) is 8.49. The minimum Gasteiger partial charge on any atom is -0.481 e. The molecule has 3 N–H and O–H groups in total. The Hall–Kier alpha value is -2.11. The summed E-state index contributed by atoms with van der Waals surface area (Å²) in [4.78, 5) is 14.9. The number of pyridine rings is 1. The van der Waals surface area contributed by atoms with E-state index in [1.165, 1.54) is 7.11 Å². The van der Waals surface area contributed by atoms with Crippen LogP contribution < -0.4 is 10.5 Å². The van der Waals surface area contributed by atoms with Crippen LogP contribution in [0.4, 0.5) is 0 Å². The van der Waals surface area contributed by atoms with Crippen LogP contribution in [0.5, 0.6) is 5.88 Å². The molecule has 0 radical (unpaired) electrons. The molecule has 1 amide bonds. The van der Waals surface area contributed by atoms with Crippen molar-refractivity contribution < 1.29 is 9.53 Å². The fourth-order valence-corrected chi connectivity index (χ4v) is 1.18. The second-order valence-corrected chi connectivity index (χ2v) is 2.69. The van der Waals surface area contributed by atoms with Gasteiger partial charge in [0.1, 0.15) is 5.69 Å². The van der Waals surface area contributed by atoms with Crippen LogP contribution in [0.15, 0.2) is 12.1 Å². The van der Waals surface area contributed by atoms with E-state index < -0.39 is 5.91 Å². The SMILES string of the molecule is COc1ccc2c(C(N)=O)[nH]nc2n1. The van der Waals surface area contributed by atoms with Crippen LogP contribution >= 0.6 is 0 Å². The highest BCUT2D eigenvalue weighted by molar-refractivity contribution is 6.02. The summed E-state index contributed by atoms with van der Waals surface area (Å²) in [6, 6.07) is 3.33. The van der Waals surface area contributed by atoms with Crippen molar-refractivity contribution in [3.8, 4) is 5.88 Å². The lowest BCUT2D eigenvalue weighted by Gasteiger charge is -1.96. The van der Waals surface area contributed by atoms with Gasteiger partial charge in [-0.05, 0) is 6.07 Å². The summed E-state index contributed by atoms with van der Waals surface area (Å²) >= 11 is 0. The Morgan fingerprint density at radius 1 is 1.57 bits per heavy atom. The first-order valence-electron chi connectivity index (χ1n) is 3.91. The molecular weight excluding hydrogens is 184 g/mol. The van der Waals surface area contributed by atoms with Gasteiger partial charge in [0.15, 0.2) is 5.65 Å². The molecule has 0 atom stereocenters. The number of nitrogens with two attached hydrogens (primary N) is 1. The summed E-state index contributed by atoms with van der Waals surface area (Å²) in [6.45, 7) is 0. The second-order valence-electron chi connectivity index (χ2n) is 2.69. The molecule has 6 nitrogen and oxygen atoms in total. The molecule has 0 aromatic carbocycles. The van der Waals surface area contributed by atoms with Crippen molar-refractivity contribution in [3.63, 3.8) is 0 Å². The Morgan fingerprint density at radius 3 is 3.00 bits per heavy atom.